The summed E-state index contributed by atoms with van der Waals surface area (Å²) < 4.78 is 22.1. The van der Waals surface area contributed by atoms with Crippen LogP contribution in [-0.2, 0) is 6.61 Å². The fourth-order valence-corrected chi connectivity index (χ4v) is 7.53. The molecule has 0 saturated heterocycles. The number of ether oxygens (including phenoxy) is 1. The molecule has 1 N–H and O–H groups in total. The van der Waals surface area contributed by atoms with Gasteiger partial charge in [-0.3, -0.25) is 0 Å². The summed E-state index contributed by atoms with van der Waals surface area (Å²) in [4.78, 5) is 11.2. The van der Waals surface area contributed by atoms with E-state index in [4.69, 9.17) is 4.74 Å². The van der Waals surface area contributed by atoms with Gasteiger partial charge in [-0.15, -0.1) is 0 Å². The van der Waals surface area contributed by atoms with Gasteiger partial charge in [0.1, 0.15) is 0 Å². The molecule has 0 saturated carbocycles. The minimum atomic E-state index is -0.760. The van der Waals surface area contributed by atoms with Crippen LogP contribution in [-0.4, -0.2) is 30.8 Å². The summed E-state index contributed by atoms with van der Waals surface area (Å²) in [5.41, 5.74) is 2.49. The van der Waals surface area contributed by atoms with Crippen LogP contribution in [0, 0.1) is 12.7 Å². The van der Waals surface area contributed by atoms with Gasteiger partial charge in [-0.25, -0.2) is 0 Å². The average molecular weight is 544 g/mol. The van der Waals surface area contributed by atoms with Gasteiger partial charge in [0.05, 0.1) is 0 Å². The van der Waals surface area contributed by atoms with Gasteiger partial charge < -0.3 is 0 Å². The molecular formula is C28H22AsFN2O2S. The number of halogens is 1. The molecule has 0 fully saturated rings. The van der Waals surface area contributed by atoms with Crippen LogP contribution in [0.2, 0.25) is 0 Å². The first-order valence-corrected chi connectivity index (χ1v) is 13.9. The number of rotatable bonds is 7. The summed E-state index contributed by atoms with van der Waals surface area (Å²) in [7, 11) is 0. The van der Waals surface area contributed by atoms with Crippen LogP contribution >= 0.6 is 11.8 Å². The van der Waals surface area contributed by atoms with Gasteiger partial charge in [0.15, 0.2) is 0 Å². The SMILES string of the molecule is Cc1ccc2c([AsH]c3cc(OCc4cccc(F)c4)ccc3Sc3ccc(O)cc3)ccnc2n1. The molecule has 0 aliphatic carbocycles. The molecule has 5 aromatic rings. The fourth-order valence-electron chi connectivity index (χ4n) is 3.60. The molecule has 5 rings (SSSR count). The van der Waals surface area contributed by atoms with Crippen LogP contribution in [0.15, 0.2) is 101 Å². The van der Waals surface area contributed by atoms with Crippen molar-refractivity contribution in [2.24, 2.45) is 0 Å². The van der Waals surface area contributed by atoms with Gasteiger partial charge in [-0.05, 0) is 0 Å². The van der Waals surface area contributed by atoms with Crippen molar-refractivity contribution in [3.8, 4) is 11.5 Å². The van der Waals surface area contributed by atoms with E-state index in [1.807, 2.05) is 43.5 Å². The number of phenolic OH excluding ortho intramolecular Hbond substituents is 1. The van der Waals surface area contributed by atoms with Crippen molar-refractivity contribution in [1.82, 2.24) is 9.97 Å². The molecule has 1 atom stereocenters. The summed E-state index contributed by atoms with van der Waals surface area (Å²) in [6.07, 6.45) is 1.82. The van der Waals surface area contributed by atoms with Crippen molar-refractivity contribution in [3.05, 3.63) is 108 Å². The first-order chi connectivity index (χ1) is 17.0. The second-order valence-corrected chi connectivity index (χ2v) is 11.9. The van der Waals surface area contributed by atoms with Crippen molar-refractivity contribution in [2.45, 2.75) is 23.3 Å². The third-order valence-corrected chi connectivity index (χ3v) is 9.70. The van der Waals surface area contributed by atoms with E-state index in [1.54, 1.807) is 30.0 Å². The van der Waals surface area contributed by atoms with E-state index in [0.717, 1.165) is 37.8 Å². The molecule has 0 spiro atoms. The Balaban J connectivity index is 1.48. The second kappa shape index (κ2) is 10.5. The monoisotopic (exact) mass is 544 g/mol. The zero-order chi connectivity index (χ0) is 24.2. The number of phenols is 1. The molecule has 4 nitrogen and oxygen atoms in total. The van der Waals surface area contributed by atoms with Crippen molar-refractivity contribution >= 4 is 47.2 Å². The number of pyridine rings is 2. The van der Waals surface area contributed by atoms with Gasteiger partial charge in [0.2, 0.25) is 0 Å². The number of fused-ring (bicyclic) bond motifs is 1. The Bertz CT molecular complexity index is 1490. The van der Waals surface area contributed by atoms with Crippen LogP contribution in [0.25, 0.3) is 11.0 Å². The standard InChI is InChI=1S/C28H22AsFN2O2S/c1-18-5-11-24-25(13-14-31-28(24)32-18)29-26-16-22(34-17-19-3-2-4-20(30)15-19)8-12-27(26)35-23-9-6-21(33)7-10-23/h2-16,29,33H,17H2,1H3. The van der Waals surface area contributed by atoms with Crippen molar-refractivity contribution < 1.29 is 14.2 Å². The molecule has 0 aliphatic rings. The summed E-state index contributed by atoms with van der Waals surface area (Å²) in [6.45, 7) is 2.26. The van der Waals surface area contributed by atoms with E-state index in [0.29, 0.717) is 6.61 Å². The molecule has 3 aromatic carbocycles. The number of aryl methyl sites for hydroxylation is 1. The van der Waals surface area contributed by atoms with E-state index in [-0.39, 0.29) is 11.6 Å². The van der Waals surface area contributed by atoms with Gasteiger partial charge in [-0.1, -0.05) is 0 Å². The third kappa shape index (κ3) is 5.84. The Morgan fingerprint density at radius 2 is 1.80 bits per heavy atom. The molecule has 2 heterocycles. The first-order valence-electron chi connectivity index (χ1n) is 11.0. The van der Waals surface area contributed by atoms with Crippen molar-refractivity contribution in [2.75, 3.05) is 0 Å². The molecule has 0 bridgehead atoms. The Morgan fingerprint density at radius 3 is 2.63 bits per heavy atom. The zero-order valence-electron chi connectivity index (χ0n) is 18.9. The molecular weight excluding hydrogens is 522 g/mol. The quantitative estimate of drug-likeness (QED) is 0.296. The average Bonchev–Trinajstić information content (AvgIpc) is 2.85. The predicted octanol–water partition coefficient (Wildman–Crippen LogP) is 4.90. The molecule has 0 amide bonds. The molecule has 0 aliphatic heterocycles. The maximum absolute atomic E-state index is 13.6. The van der Waals surface area contributed by atoms with E-state index < -0.39 is 15.8 Å². The topological polar surface area (TPSA) is 55.2 Å². The molecule has 35 heavy (non-hydrogen) atoms. The van der Waals surface area contributed by atoms with Crippen LogP contribution in [0.3, 0.4) is 0 Å². The van der Waals surface area contributed by atoms with Gasteiger partial charge in [-0.2, -0.15) is 0 Å². The van der Waals surface area contributed by atoms with Crippen molar-refractivity contribution in [1.29, 1.82) is 0 Å². The summed E-state index contributed by atoms with van der Waals surface area (Å²) >= 11 is 0.899. The number of benzene rings is 3. The molecule has 0 radical (unpaired) electrons. The Labute approximate surface area is 213 Å². The number of nitrogens with zero attached hydrogens (tertiary/aromatic N) is 2. The van der Waals surface area contributed by atoms with Crippen LogP contribution in [0.1, 0.15) is 11.3 Å². The van der Waals surface area contributed by atoms with E-state index >= 15 is 0 Å². The number of aromatic nitrogens is 2. The molecule has 174 valence electrons. The summed E-state index contributed by atoms with van der Waals surface area (Å²) in [5, 5.41) is 10.7. The van der Waals surface area contributed by atoms with Crippen LogP contribution in [0.4, 0.5) is 4.39 Å². The molecule has 2 aromatic heterocycles. The normalized spacial score (nSPS) is 11.4. The van der Waals surface area contributed by atoms with Crippen LogP contribution in [0.5, 0.6) is 11.5 Å². The first kappa shape index (κ1) is 23.4. The van der Waals surface area contributed by atoms with Gasteiger partial charge in [0, 0.05) is 0 Å². The summed E-state index contributed by atoms with van der Waals surface area (Å²) in [6, 6.07) is 26.0. The molecule has 1 unspecified atom stereocenters. The maximum atomic E-state index is 13.6. The van der Waals surface area contributed by atoms with E-state index in [2.05, 4.69) is 34.2 Å². The third-order valence-electron chi connectivity index (χ3n) is 5.32. The minimum absolute atomic E-state index is 0.246. The Hall–Kier alpha value is -3.34. The van der Waals surface area contributed by atoms with Gasteiger partial charge >= 0.3 is 214 Å². The number of hydrogen-bond donors (Lipinski definition) is 1. The van der Waals surface area contributed by atoms with Crippen molar-refractivity contribution in [3.63, 3.8) is 0 Å². The Morgan fingerprint density at radius 1 is 0.943 bits per heavy atom. The van der Waals surface area contributed by atoms with E-state index in [1.165, 1.54) is 20.8 Å². The van der Waals surface area contributed by atoms with Gasteiger partial charge in [0.25, 0.3) is 0 Å². The van der Waals surface area contributed by atoms with Crippen LogP contribution < -0.4 is 13.4 Å². The summed E-state index contributed by atoms with van der Waals surface area (Å²) in [5.74, 6) is 0.720. The molecule has 7 heteroatoms. The zero-order valence-corrected chi connectivity index (χ0v) is 21.8. The van der Waals surface area contributed by atoms with E-state index in [9.17, 15) is 9.50 Å². The second-order valence-electron chi connectivity index (χ2n) is 7.98. The number of hydrogen-bond acceptors (Lipinski definition) is 5. The predicted molar refractivity (Wildman–Crippen MR) is 140 cm³/mol. The fraction of sp³-hybridized carbons (Fsp3) is 0.0714. The number of aromatic hydroxyl groups is 1. The Kier molecular flexibility index (Phi) is 7.03.